The summed E-state index contributed by atoms with van der Waals surface area (Å²) in [6.07, 6.45) is 3.43. The van der Waals surface area contributed by atoms with E-state index in [9.17, 15) is 13.7 Å². The summed E-state index contributed by atoms with van der Waals surface area (Å²) in [5.74, 6) is -1.33. The van der Waals surface area contributed by atoms with Gasteiger partial charge in [-0.2, -0.15) is 0 Å². The van der Waals surface area contributed by atoms with E-state index < -0.39 is 17.1 Å². The van der Waals surface area contributed by atoms with Crippen LogP contribution in [0.4, 0.5) is 4.39 Å². The molecule has 1 aliphatic carbocycles. The van der Waals surface area contributed by atoms with Crippen molar-refractivity contribution in [2.45, 2.75) is 18.2 Å². The quantitative estimate of drug-likeness (QED) is 0.761. The number of hydrogen-bond acceptors (Lipinski definition) is 2. The van der Waals surface area contributed by atoms with Gasteiger partial charge in [-0.15, -0.1) is 12.4 Å². The molecule has 0 fully saturated rings. The summed E-state index contributed by atoms with van der Waals surface area (Å²) in [7, 11) is 0. The Kier molecular flexibility index (Phi) is 6.29. The molecule has 2 aromatic rings. The predicted molar refractivity (Wildman–Crippen MR) is 105 cm³/mol. The minimum absolute atomic E-state index is 0. The number of halogens is 2. The third-order valence-electron chi connectivity index (χ3n) is 4.30. The molecule has 6 heteroatoms. The lowest BCUT2D eigenvalue weighted by Gasteiger charge is -2.06. The first-order chi connectivity index (χ1) is 11.9. The summed E-state index contributed by atoms with van der Waals surface area (Å²) in [6.45, 7) is 1.86. The van der Waals surface area contributed by atoms with Gasteiger partial charge in [0.15, 0.2) is 4.90 Å². The fourth-order valence-corrected chi connectivity index (χ4v) is 3.57. The fourth-order valence-electron chi connectivity index (χ4n) is 3.05. The minimum Gasteiger partial charge on any atom is -0.612 e. The molecule has 0 heterocycles. The van der Waals surface area contributed by atoms with Crippen molar-refractivity contribution in [1.82, 2.24) is 0 Å². The van der Waals surface area contributed by atoms with E-state index in [2.05, 4.69) is 0 Å². The number of allylic oxidation sites excluding steroid dienone is 2. The van der Waals surface area contributed by atoms with Crippen molar-refractivity contribution in [2.75, 3.05) is 6.26 Å². The smallest absolute Gasteiger partial charge is 0.307 e. The first-order valence-corrected chi connectivity index (χ1v) is 9.30. The molecule has 136 valence electrons. The van der Waals surface area contributed by atoms with Crippen LogP contribution in [0.15, 0.2) is 52.9 Å². The molecule has 0 radical (unpaired) electrons. The Balaban J connectivity index is 0.00000243. The maximum absolute atomic E-state index is 13.7. The van der Waals surface area contributed by atoms with Gasteiger partial charge >= 0.3 is 5.97 Å². The van der Waals surface area contributed by atoms with Gasteiger partial charge in [0, 0.05) is 0 Å². The number of carboxylic acid groups (broad SMARTS) is 1. The molecule has 0 aromatic heterocycles. The van der Waals surface area contributed by atoms with Crippen molar-refractivity contribution in [2.24, 2.45) is 0 Å². The van der Waals surface area contributed by atoms with E-state index >= 15 is 0 Å². The van der Waals surface area contributed by atoms with Gasteiger partial charge < -0.3 is 9.66 Å². The molecule has 0 saturated carbocycles. The van der Waals surface area contributed by atoms with Crippen molar-refractivity contribution < 1.29 is 18.8 Å². The van der Waals surface area contributed by atoms with Crippen molar-refractivity contribution in [1.29, 1.82) is 0 Å². The topological polar surface area (TPSA) is 60.4 Å². The monoisotopic (exact) mass is 392 g/mol. The molecule has 0 saturated heterocycles. The van der Waals surface area contributed by atoms with E-state index in [0.29, 0.717) is 11.1 Å². The molecule has 0 bridgehead atoms. The molecule has 3 rings (SSSR count). The van der Waals surface area contributed by atoms with Crippen LogP contribution in [0.5, 0.6) is 0 Å². The summed E-state index contributed by atoms with van der Waals surface area (Å²) < 4.78 is 25.1. The van der Waals surface area contributed by atoms with E-state index in [0.717, 1.165) is 27.2 Å². The van der Waals surface area contributed by atoms with Crippen molar-refractivity contribution in [3.05, 3.63) is 70.5 Å². The van der Waals surface area contributed by atoms with E-state index in [4.69, 9.17) is 5.11 Å². The maximum atomic E-state index is 13.7. The van der Waals surface area contributed by atoms with Gasteiger partial charge in [0.2, 0.25) is 0 Å². The normalized spacial score (nSPS) is 15.6. The Morgan fingerprint density at radius 1 is 1.19 bits per heavy atom. The molecule has 0 spiro atoms. The first kappa shape index (κ1) is 20.2. The zero-order chi connectivity index (χ0) is 18.1. The Bertz CT molecular complexity index is 902. The zero-order valence-corrected chi connectivity index (χ0v) is 15.9. The number of fused-ring (bicyclic) bond motifs is 1. The van der Waals surface area contributed by atoms with E-state index in [1.165, 1.54) is 12.1 Å². The van der Waals surface area contributed by atoms with Gasteiger partial charge in [0.25, 0.3) is 0 Å². The molecule has 26 heavy (non-hydrogen) atoms. The lowest BCUT2D eigenvalue weighted by atomic mass is 10.0. The highest BCUT2D eigenvalue weighted by Gasteiger charge is 2.25. The molecule has 2 aromatic carbocycles. The molecule has 0 amide bonds. The largest absolute Gasteiger partial charge is 0.612 e. The minimum atomic E-state index is -1.04. The van der Waals surface area contributed by atoms with Crippen LogP contribution >= 0.6 is 12.4 Å². The van der Waals surface area contributed by atoms with Crippen LogP contribution in [-0.4, -0.2) is 21.9 Å². The highest BCUT2D eigenvalue weighted by Crippen LogP contribution is 2.43. The van der Waals surface area contributed by atoms with Crippen LogP contribution in [0.1, 0.15) is 30.0 Å². The number of benzene rings is 2. The average molecular weight is 393 g/mol. The number of aliphatic carboxylic acids is 1. The van der Waals surface area contributed by atoms with Gasteiger partial charge in [0.1, 0.15) is 12.1 Å². The van der Waals surface area contributed by atoms with E-state index in [-0.39, 0.29) is 24.6 Å². The predicted octanol–water partition coefficient (Wildman–Crippen LogP) is 4.79. The molecular weight excluding hydrogens is 375 g/mol. The Morgan fingerprint density at radius 2 is 1.85 bits per heavy atom. The first-order valence-electron chi connectivity index (χ1n) is 7.74. The van der Waals surface area contributed by atoms with Crippen LogP contribution in [0.3, 0.4) is 0 Å². The molecule has 3 nitrogen and oxygen atoms in total. The van der Waals surface area contributed by atoms with Gasteiger partial charge in [0.05, 0.1) is 6.42 Å². The summed E-state index contributed by atoms with van der Waals surface area (Å²) in [5.41, 5.74) is 4.74. The molecule has 1 aliphatic rings. The zero-order valence-electron chi connectivity index (χ0n) is 14.3. The van der Waals surface area contributed by atoms with E-state index in [1.807, 2.05) is 25.1 Å². The van der Waals surface area contributed by atoms with Crippen molar-refractivity contribution in [3.8, 4) is 0 Å². The number of hydrogen-bond donors (Lipinski definition) is 1. The van der Waals surface area contributed by atoms with Gasteiger partial charge in [-0.1, -0.05) is 6.07 Å². The Labute approximate surface area is 160 Å². The summed E-state index contributed by atoms with van der Waals surface area (Å²) >= 11 is -1.04. The molecule has 1 atom stereocenters. The average Bonchev–Trinajstić information content (AvgIpc) is 2.80. The highest BCUT2D eigenvalue weighted by atomic mass is 35.5. The van der Waals surface area contributed by atoms with E-state index in [1.54, 1.807) is 24.5 Å². The second kappa shape index (κ2) is 8.08. The summed E-state index contributed by atoms with van der Waals surface area (Å²) in [6, 6.07) is 11.8. The Hall–Kier alpha value is -2.08. The third kappa shape index (κ3) is 4.01. The maximum Gasteiger partial charge on any atom is 0.307 e. The lowest BCUT2D eigenvalue weighted by Crippen LogP contribution is -1.97. The van der Waals surface area contributed by atoms with Crippen LogP contribution in [0.25, 0.3) is 17.2 Å². The van der Waals surface area contributed by atoms with Crippen molar-refractivity contribution in [3.63, 3.8) is 0 Å². The standard InChI is InChI=1S/C20H17FO3S.ClH/c1-12-17(9-13-3-6-15(7-4-13)25(2)24)16-8-5-14(21)10-19(16)18(12)11-20(22)23;/h3-10H,11H2,1-2H3,(H,22,23);1H/b17-9-;. The number of carboxylic acids is 1. The van der Waals surface area contributed by atoms with Gasteiger partial charge in [-0.05, 0) is 94.0 Å². The molecule has 1 N–H and O–H groups in total. The van der Waals surface area contributed by atoms with Crippen LogP contribution in [-0.2, 0) is 16.0 Å². The number of carbonyl (C=O) groups is 1. The second-order valence-electron chi connectivity index (χ2n) is 5.95. The fraction of sp³-hybridized carbons (Fsp3) is 0.150. The number of rotatable bonds is 4. The van der Waals surface area contributed by atoms with Crippen LogP contribution in [0.2, 0.25) is 0 Å². The molecule has 1 unspecified atom stereocenters. The van der Waals surface area contributed by atoms with Crippen LogP contribution in [0, 0.1) is 5.82 Å². The highest BCUT2D eigenvalue weighted by molar-refractivity contribution is 7.90. The molecular formula is C20H18ClFO3S. The third-order valence-corrected chi connectivity index (χ3v) is 5.24. The lowest BCUT2D eigenvalue weighted by molar-refractivity contribution is -0.135. The van der Waals surface area contributed by atoms with Crippen molar-refractivity contribution >= 4 is 46.8 Å². The van der Waals surface area contributed by atoms with Gasteiger partial charge in [-0.3, -0.25) is 4.79 Å². The van der Waals surface area contributed by atoms with Crippen LogP contribution < -0.4 is 0 Å². The molecule has 0 aliphatic heterocycles. The van der Waals surface area contributed by atoms with Gasteiger partial charge in [-0.25, -0.2) is 4.39 Å². The second-order valence-corrected chi connectivity index (χ2v) is 7.32. The summed E-state index contributed by atoms with van der Waals surface area (Å²) in [4.78, 5) is 11.9. The Morgan fingerprint density at radius 3 is 2.42 bits per heavy atom. The summed E-state index contributed by atoms with van der Waals surface area (Å²) in [5, 5.41) is 9.17. The SMILES string of the molecule is CC1=C(CC(=O)O)c2cc(F)ccc2/C1=C\c1ccc([S+](C)[O-])cc1.Cl.